The molecule has 122 valence electrons. The Kier molecular flexibility index (Phi) is 7.98. The highest BCUT2D eigenvalue weighted by Crippen LogP contribution is 2.18. The third kappa shape index (κ3) is 7.08. The molecule has 0 fully saturated rings. The van der Waals surface area contributed by atoms with E-state index < -0.39 is 6.09 Å². The molecule has 22 heavy (non-hydrogen) atoms. The molecular formula is C13H21N5O4. The van der Waals surface area contributed by atoms with Crippen LogP contribution in [0.25, 0.3) is 0 Å². The van der Waals surface area contributed by atoms with Gasteiger partial charge in [-0.15, -0.1) is 0 Å². The first-order chi connectivity index (χ1) is 10.2. The number of nitrogens with zero attached hydrogens (tertiary/aromatic N) is 4. The van der Waals surface area contributed by atoms with Gasteiger partial charge < -0.3 is 20.6 Å². The van der Waals surface area contributed by atoms with Crippen molar-refractivity contribution in [2.24, 2.45) is 10.7 Å². The summed E-state index contributed by atoms with van der Waals surface area (Å²) in [6.45, 7) is 0.294. The molecule has 3 N–H and O–H groups in total. The summed E-state index contributed by atoms with van der Waals surface area (Å²) in [5.74, 6) is 0.771. The zero-order valence-corrected chi connectivity index (χ0v) is 13.1. The van der Waals surface area contributed by atoms with E-state index >= 15 is 0 Å². The Hall–Kier alpha value is -2.84. The van der Waals surface area contributed by atoms with E-state index in [1.54, 1.807) is 18.2 Å². The van der Waals surface area contributed by atoms with Gasteiger partial charge in [0.15, 0.2) is 5.96 Å². The number of carboxylic acid groups (broad SMARTS) is 1. The average Bonchev–Trinajstić information content (AvgIpc) is 2.37. The molecule has 0 atom stereocenters. The van der Waals surface area contributed by atoms with E-state index in [0.29, 0.717) is 12.1 Å². The van der Waals surface area contributed by atoms with Gasteiger partial charge in [0.25, 0.3) is 5.69 Å². The minimum atomic E-state index is -1.33. The van der Waals surface area contributed by atoms with E-state index in [9.17, 15) is 10.1 Å². The number of aliphatic imine (C=N–C) groups is 1. The largest absolute Gasteiger partial charge is 0.465 e. The number of primary amides is 1. The molecule has 0 bridgehead atoms. The SMILES string of the molecule is CN(C)C(=NCc1ccccc1[N+](=O)[O-])N(C)C.NC(=O)O. The lowest BCUT2D eigenvalue weighted by molar-refractivity contribution is -0.385. The van der Waals surface area contributed by atoms with Crippen molar-refractivity contribution in [1.29, 1.82) is 0 Å². The van der Waals surface area contributed by atoms with E-state index in [4.69, 9.17) is 9.90 Å². The van der Waals surface area contributed by atoms with Crippen LogP contribution in [-0.4, -0.2) is 60.1 Å². The Morgan fingerprint density at radius 3 is 2.14 bits per heavy atom. The number of hydrogen-bond donors (Lipinski definition) is 2. The second-order valence-electron chi connectivity index (χ2n) is 4.63. The number of benzene rings is 1. The maximum Gasteiger partial charge on any atom is 0.402 e. The van der Waals surface area contributed by atoms with Crippen LogP contribution in [0.2, 0.25) is 0 Å². The summed E-state index contributed by atoms with van der Waals surface area (Å²) < 4.78 is 0. The summed E-state index contributed by atoms with van der Waals surface area (Å²) in [5.41, 5.74) is 4.75. The van der Waals surface area contributed by atoms with Gasteiger partial charge in [-0.2, -0.15) is 0 Å². The first-order valence-corrected chi connectivity index (χ1v) is 6.26. The van der Waals surface area contributed by atoms with Crippen molar-refractivity contribution in [2.75, 3.05) is 28.2 Å². The number of nitro groups is 1. The van der Waals surface area contributed by atoms with Gasteiger partial charge in [-0.05, 0) is 0 Å². The highest BCUT2D eigenvalue weighted by molar-refractivity contribution is 5.79. The number of hydrogen-bond acceptors (Lipinski definition) is 4. The quantitative estimate of drug-likeness (QED) is 0.374. The Morgan fingerprint density at radius 1 is 1.27 bits per heavy atom. The summed E-state index contributed by atoms with van der Waals surface area (Å²) in [6, 6.07) is 6.66. The fourth-order valence-corrected chi connectivity index (χ4v) is 1.66. The molecular weight excluding hydrogens is 290 g/mol. The molecule has 1 rings (SSSR count). The molecule has 9 heteroatoms. The Balaban J connectivity index is 0.000000980. The van der Waals surface area contributed by atoms with E-state index in [0.717, 1.165) is 5.96 Å². The van der Waals surface area contributed by atoms with Crippen molar-refractivity contribution in [3.05, 3.63) is 39.9 Å². The molecule has 1 amide bonds. The molecule has 0 unspecified atom stereocenters. The molecule has 1 aromatic carbocycles. The van der Waals surface area contributed by atoms with Crippen molar-refractivity contribution >= 4 is 17.7 Å². The minimum Gasteiger partial charge on any atom is -0.465 e. The number of guanidine groups is 1. The smallest absolute Gasteiger partial charge is 0.402 e. The predicted molar refractivity (Wildman–Crippen MR) is 83.8 cm³/mol. The van der Waals surface area contributed by atoms with Crippen LogP contribution in [0.15, 0.2) is 29.3 Å². The summed E-state index contributed by atoms with van der Waals surface area (Å²) >= 11 is 0. The maximum atomic E-state index is 10.9. The van der Waals surface area contributed by atoms with Gasteiger partial charge in [0.1, 0.15) is 0 Å². The van der Waals surface area contributed by atoms with Crippen molar-refractivity contribution in [1.82, 2.24) is 9.80 Å². The molecule has 0 aromatic heterocycles. The van der Waals surface area contributed by atoms with Gasteiger partial charge in [-0.25, -0.2) is 9.79 Å². The van der Waals surface area contributed by atoms with Crippen LogP contribution in [0, 0.1) is 10.1 Å². The second-order valence-corrected chi connectivity index (χ2v) is 4.63. The third-order valence-corrected chi connectivity index (χ3v) is 2.38. The number of nitrogens with two attached hydrogens (primary N) is 1. The van der Waals surface area contributed by atoms with E-state index in [-0.39, 0.29) is 10.6 Å². The molecule has 0 aliphatic carbocycles. The lowest BCUT2D eigenvalue weighted by atomic mass is 10.2. The summed E-state index contributed by atoms with van der Waals surface area (Å²) in [4.78, 5) is 27.4. The molecule has 0 saturated heterocycles. The fraction of sp³-hybridized carbons (Fsp3) is 0.385. The Morgan fingerprint density at radius 2 is 1.73 bits per heavy atom. The zero-order valence-electron chi connectivity index (χ0n) is 13.1. The maximum absolute atomic E-state index is 10.9. The normalized spacial score (nSPS) is 9.09. The first kappa shape index (κ1) is 19.2. The molecule has 0 spiro atoms. The van der Waals surface area contributed by atoms with Crippen LogP contribution in [0.3, 0.4) is 0 Å². The van der Waals surface area contributed by atoms with Crippen LogP contribution < -0.4 is 5.73 Å². The van der Waals surface area contributed by atoms with Gasteiger partial charge >= 0.3 is 6.09 Å². The van der Waals surface area contributed by atoms with Crippen LogP contribution in [0.4, 0.5) is 10.5 Å². The van der Waals surface area contributed by atoms with Gasteiger partial charge in [0, 0.05) is 34.3 Å². The number of para-hydroxylation sites is 1. The van der Waals surface area contributed by atoms with Crippen molar-refractivity contribution in [2.45, 2.75) is 6.54 Å². The summed E-state index contributed by atoms with van der Waals surface area (Å²) in [7, 11) is 7.55. The van der Waals surface area contributed by atoms with Crippen molar-refractivity contribution < 1.29 is 14.8 Å². The van der Waals surface area contributed by atoms with E-state index in [1.807, 2.05) is 38.0 Å². The lowest BCUT2D eigenvalue weighted by Gasteiger charge is -2.22. The highest BCUT2D eigenvalue weighted by Gasteiger charge is 2.12. The topological polar surface area (TPSA) is 125 Å². The van der Waals surface area contributed by atoms with Crippen LogP contribution in [0.5, 0.6) is 0 Å². The molecule has 9 nitrogen and oxygen atoms in total. The predicted octanol–water partition coefficient (Wildman–Crippen LogP) is 1.20. The number of nitro benzene ring substituents is 1. The second kappa shape index (κ2) is 9.16. The summed E-state index contributed by atoms with van der Waals surface area (Å²) in [5, 5.41) is 18.1. The highest BCUT2D eigenvalue weighted by atomic mass is 16.6. The summed E-state index contributed by atoms with van der Waals surface area (Å²) in [6.07, 6.45) is -1.33. The zero-order chi connectivity index (χ0) is 17.3. The van der Waals surface area contributed by atoms with Crippen LogP contribution in [0.1, 0.15) is 5.56 Å². The monoisotopic (exact) mass is 311 g/mol. The van der Waals surface area contributed by atoms with Gasteiger partial charge in [0.05, 0.1) is 17.0 Å². The van der Waals surface area contributed by atoms with E-state index in [1.165, 1.54) is 6.07 Å². The lowest BCUT2D eigenvalue weighted by Crippen LogP contribution is -2.35. The number of carbonyl (C=O) groups is 1. The van der Waals surface area contributed by atoms with Crippen molar-refractivity contribution in [3.8, 4) is 0 Å². The van der Waals surface area contributed by atoms with Crippen LogP contribution >= 0.6 is 0 Å². The molecule has 0 aliphatic rings. The molecule has 0 heterocycles. The molecule has 0 aliphatic heterocycles. The van der Waals surface area contributed by atoms with Crippen molar-refractivity contribution in [3.63, 3.8) is 0 Å². The van der Waals surface area contributed by atoms with Gasteiger partial charge in [-0.1, -0.05) is 18.2 Å². The van der Waals surface area contributed by atoms with Gasteiger partial charge in [0.2, 0.25) is 0 Å². The van der Waals surface area contributed by atoms with E-state index in [2.05, 4.69) is 10.7 Å². The Labute approximate surface area is 128 Å². The first-order valence-electron chi connectivity index (χ1n) is 6.26. The molecule has 1 aromatic rings. The average molecular weight is 311 g/mol. The number of amides is 1. The third-order valence-electron chi connectivity index (χ3n) is 2.38. The fourth-order valence-electron chi connectivity index (χ4n) is 1.66. The Bertz CT molecular complexity index is 529. The molecule has 0 saturated carbocycles. The van der Waals surface area contributed by atoms with Crippen LogP contribution in [-0.2, 0) is 6.54 Å². The van der Waals surface area contributed by atoms with Gasteiger partial charge in [-0.3, -0.25) is 10.1 Å². The number of rotatable bonds is 3. The standard InChI is InChI=1S/C12H18N4O2.CH3NO2/c1-14(2)12(15(3)4)13-9-10-7-5-6-8-11(10)16(17)18;2-1(3)4/h5-8H,9H2,1-4H3;2H2,(H,3,4). The molecule has 0 radical (unpaired) electrons. The minimum absolute atomic E-state index is 0.109.